The summed E-state index contributed by atoms with van der Waals surface area (Å²) in [6.45, 7) is 5.89. The van der Waals surface area contributed by atoms with E-state index in [1.807, 2.05) is 11.1 Å². The standard InChI is InChI=1S/C17H25FN4/c1-13(2)10-14(11-19)12-21-15-5-8-22(9-6-15)17-16(18)4-3-7-20-17/h3-4,7,11-13,15H,5-6,8-10,19H2,1-2H3. The third kappa shape index (κ3) is 4.55. The van der Waals surface area contributed by atoms with Gasteiger partial charge in [-0.15, -0.1) is 0 Å². The SMILES string of the molecule is CC(C)CC(C=NC1CCN(c2ncccc2F)CC1)=CN. The average Bonchev–Trinajstić information content (AvgIpc) is 2.52. The van der Waals surface area contributed by atoms with Crippen LogP contribution in [0.15, 0.2) is 35.1 Å². The molecule has 0 bridgehead atoms. The lowest BCUT2D eigenvalue weighted by molar-refractivity contribution is 0.492. The first-order valence-corrected chi connectivity index (χ1v) is 7.89. The molecule has 0 radical (unpaired) electrons. The fourth-order valence-corrected chi connectivity index (χ4v) is 2.67. The second kappa shape index (κ2) is 7.92. The number of nitrogens with zero attached hydrogens (tertiary/aromatic N) is 3. The molecule has 4 nitrogen and oxygen atoms in total. The molecular weight excluding hydrogens is 279 g/mol. The van der Waals surface area contributed by atoms with Crippen LogP contribution in [0.3, 0.4) is 0 Å². The van der Waals surface area contributed by atoms with E-state index >= 15 is 0 Å². The Kier molecular flexibility index (Phi) is 5.92. The van der Waals surface area contributed by atoms with Gasteiger partial charge in [-0.25, -0.2) is 9.37 Å². The lowest BCUT2D eigenvalue weighted by atomic mass is 10.0. The maximum Gasteiger partial charge on any atom is 0.165 e. The summed E-state index contributed by atoms with van der Waals surface area (Å²) in [4.78, 5) is 10.8. The molecule has 1 saturated heterocycles. The Hall–Kier alpha value is -1.91. The number of hydrogen-bond donors (Lipinski definition) is 1. The Labute approximate surface area is 131 Å². The fraction of sp³-hybridized carbons (Fsp3) is 0.529. The molecule has 0 saturated carbocycles. The number of aromatic nitrogens is 1. The van der Waals surface area contributed by atoms with Crippen molar-refractivity contribution in [1.82, 2.24) is 4.98 Å². The van der Waals surface area contributed by atoms with Gasteiger partial charge in [-0.2, -0.15) is 0 Å². The molecule has 120 valence electrons. The van der Waals surface area contributed by atoms with E-state index in [0.717, 1.165) is 37.9 Å². The van der Waals surface area contributed by atoms with Gasteiger partial charge >= 0.3 is 0 Å². The molecule has 1 aliphatic rings. The number of hydrogen-bond acceptors (Lipinski definition) is 4. The summed E-state index contributed by atoms with van der Waals surface area (Å²) in [5.41, 5.74) is 6.72. The van der Waals surface area contributed by atoms with E-state index in [1.165, 1.54) is 6.07 Å². The third-order valence-corrected chi connectivity index (χ3v) is 3.81. The normalized spacial score (nSPS) is 17.6. The molecule has 0 aromatic carbocycles. The van der Waals surface area contributed by atoms with Gasteiger partial charge in [-0.3, -0.25) is 4.99 Å². The van der Waals surface area contributed by atoms with Crippen molar-refractivity contribution in [2.24, 2.45) is 16.6 Å². The minimum Gasteiger partial charge on any atom is -0.404 e. The van der Waals surface area contributed by atoms with Crippen molar-refractivity contribution in [3.63, 3.8) is 0 Å². The molecule has 0 spiro atoms. The van der Waals surface area contributed by atoms with Crippen LogP contribution in [0.25, 0.3) is 0 Å². The molecule has 1 aromatic heterocycles. The lowest BCUT2D eigenvalue weighted by Crippen LogP contribution is -2.36. The third-order valence-electron chi connectivity index (χ3n) is 3.81. The molecule has 22 heavy (non-hydrogen) atoms. The summed E-state index contributed by atoms with van der Waals surface area (Å²) in [5.74, 6) is 0.761. The van der Waals surface area contributed by atoms with E-state index < -0.39 is 0 Å². The summed E-state index contributed by atoms with van der Waals surface area (Å²) >= 11 is 0. The Morgan fingerprint density at radius 3 is 2.82 bits per heavy atom. The molecular formula is C17H25FN4. The van der Waals surface area contributed by atoms with Crippen molar-refractivity contribution in [1.29, 1.82) is 0 Å². The predicted molar refractivity (Wildman–Crippen MR) is 89.6 cm³/mol. The van der Waals surface area contributed by atoms with E-state index in [2.05, 4.69) is 23.8 Å². The van der Waals surface area contributed by atoms with Gasteiger partial charge in [0.1, 0.15) is 0 Å². The molecule has 1 aromatic rings. The molecule has 2 N–H and O–H groups in total. The number of pyridine rings is 1. The van der Waals surface area contributed by atoms with E-state index in [9.17, 15) is 4.39 Å². The molecule has 2 heterocycles. The molecule has 2 rings (SSSR count). The van der Waals surface area contributed by atoms with Crippen LogP contribution in [0.5, 0.6) is 0 Å². The van der Waals surface area contributed by atoms with Gasteiger partial charge in [-0.1, -0.05) is 13.8 Å². The monoisotopic (exact) mass is 304 g/mol. The van der Waals surface area contributed by atoms with E-state index in [0.29, 0.717) is 11.7 Å². The first-order chi connectivity index (χ1) is 10.6. The van der Waals surface area contributed by atoms with Gasteiger partial charge in [0.15, 0.2) is 11.6 Å². The minimum atomic E-state index is -0.255. The zero-order chi connectivity index (χ0) is 15.9. The first-order valence-electron chi connectivity index (χ1n) is 7.89. The predicted octanol–water partition coefficient (Wildman–Crippen LogP) is 3.15. The van der Waals surface area contributed by atoms with Crippen molar-refractivity contribution in [3.8, 4) is 0 Å². The van der Waals surface area contributed by atoms with Crippen LogP contribution < -0.4 is 10.6 Å². The summed E-state index contributed by atoms with van der Waals surface area (Å²) in [5, 5.41) is 0. The number of rotatable bonds is 5. The van der Waals surface area contributed by atoms with Gasteiger partial charge < -0.3 is 10.6 Å². The lowest BCUT2D eigenvalue weighted by Gasteiger charge is -2.31. The zero-order valence-corrected chi connectivity index (χ0v) is 13.4. The van der Waals surface area contributed by atoms with E-state index in [4.69, 9.17) is 5.73 Å². The maximum atomic E-state index is 13.7. The van der Waals surface area contributed by atoms with Crippen LogP contribution in [0.4, 0.5) is 10.2 Å². The van der Waals surface area contributed by atoms with Gasteiger partial charge in [-0.05, 0) is 49.1 Å². The fourth-order valence-electron chi connectivity index (χ4n) is 2.67. The van der Waals surface area contributed by atoms with Crippen molar-refractivity contribution in [3.05, 3.63) is 35.9 Å². The second-order valence-electron chi connectivity index (χ2n) is 6.14. The molecule has 1 fully saturated rings. The Morgan fingerprint density at radius 1 is 1.50 bits per heavy atom. The number of anilines is 1. The quantitative estimate of drug-likeness (QED) is 0.850. The molecule has 1 aliphatic heterocycles. The summed E-state index contributed by atoms with van der Waals surface area (Å²) in [6.07, 6.45) is 7.94. The van der Waals surface area contributed by atoms with Crippen LogP contribution >= 0.6 is 0 Å². The molecule has 0 amide bonds. The summed E-state index contributed by atoms with van der Waals surface area (Å²) < 4.78 is 13.7. The van der Waals surface area contributed by atoms with Crippen LogP contribution in [0.1, 0.15) is 33.1 Å². The number of halogens is 1. The van der Waals surface area contributed by atoms with Crippen molar-refractivity contribution in [2.75, 3.05) is 18.0 Å². The highest BCUT2D eigenvalue weighted by Crippen LogP contribution is 2.22. The largest absolute Gasteiger partial charge is 0.404 e. The van der Waals surface area contributed by atoms with Crippen molar-refractivity contribution < 1.29 is 4.39 Å². The summed E-state index contributed by atoms with van der Waals surface area (Å²) in [6, 6.07) is 3.35. The number of allylic oxidation sites excluding steroid dienone is 1. The van der Waals surface area contributed by atoms with E-state index in [-0.39, 0.29) is 11.9 Å². The van der Waals surface area contributed by atoms with Crippen LogP contribution in [-0.2, 0) is 0 Å². The molecule has 0 aliphatic carbocycles. The average molecular weight is 304 g/mol. The smallest absolute Gasteiger partial charge is 0.165 e. The Bertz CT molecular complexity index is 531. The highest BCUT2D eigenvalue weighted by molar-refractivity contribution is 5.78. The number of aliphatic imine (C=N–C) groups is 1. The van der Waals surface area contributed by atoms with Crippen LogP contribution in [0, 0.1) is 11.7 Å². The van der Waals surface area contributed by atoms with Gasteiger partial charge in [0, 0.05) is 25.5 Å². The molecule has 0 atom stereocenters. The van der Waals surface area contributed by atoms with Gasteiger partial charge in [0.2, 0.25) is 0 Å². The maximum absolute atomic E-state index is 13.7. The minimum absolute atomic E-state index is 0.255. The van der Waals surface area contributed by atoms with Crippen molar-refractivity contribution >= 4 is 12.0 Å². The number of piperidine rings is 1. The molecule has 5 heteroatoms. The molecule has 0 unspecified atom stereocenters. The summed E-state index contributed by atoms with van der Waals surface area (Å²) in [7, 11) is 0. The van der Waals surface area contributed by atoms with E-state index in [1.54, 1.807) is 18.5 Å². The topological polar surface area (TPSA) is 54.5 Å². The Morgan fingerprint density at radius 2 is 2.23 bits per heavy atom. The van der Waals surface area contributed by atoms with Crippen LogP contribution in [0.2, 0.25) is 0 Å². The number of nitrogens with two attached hydrogens (primary N) is 1. The van der Waals surface area contributed by atoms with Crippen LogP contribution in [-0.4, -0.2) is 30.3 Å². The zero-order valence-electron chi connectivity index (χ0n) is 13.4. The van der Waals surface area contributed by atoms with Gasteiger partial charge in [0.05, 0.1) is 6.04 Å². The highest BCUT2D eigenvalue weighted by atomic mass is 19.1. The second-order valence-corrected chi connectivity index (χ2v) is 6.14. The highest BCUT2D eigenvalue weighted by Gasteiger charge is 2.21. The Balaban J connectivity index is 1.88. The van der Waals surface area contributed by atoms with Crippen molar-refractivity contribution in [2.45, 2.75) is 39.2 Å². The first kappa shape index (κ1) is 16.5. The van der Waals surface area contributed by atoms with Gasteiger partial charge in [0.25, 0.3) is 0 Å².